The highest BCUT2D eigenvalue weighted by Crippen LogP contribution is 2.34. The van der Waals surface area contributed by atoms with E-state index in [0.717, 1.165) is 19.3 Å². The summed E-state index contributed by atoms with van der Waals surface area (Å²) in [6, 6.07) is 7.61. The molecule has 202 valence electrons. The van der Waals surface area contributed by atoms with E-state index in [-0.39, 0.29) is 11.5 Å². The maximum Gasteiger partial charge on any atom is 0.338 e. The lowest BCUT2D eigenvalue weighted by molar-refractivity contribution is -0.204. The van der Waals surface area contributed by atoms with Gasteiger partial charge in [-0.25, -0.2) is 14.4 Å². The summed E-state index contributed by atoms with van der Waals surface area (Å²) in [7, 11) is 1.03. The predicted molar refractivity (Wildman–Crippen MR) is 130 cm³/mol. The third-order valence-corrected chi connectivity index (χ3v) is 5.76. The highest BCUT2D eigenvalue weighted by Gasteiger charge is 2.52. The Morgan fingerprint density at radius 2 is 1.21 bits per heavy atom. The van der Waals surface area contributed by atoms with Crippen molar-refractivity contribution < 1.29 is 59.2 Å². The second-order valence-corrected chi connectivity index (χ2v) is 8.54. The fourth-order valence-electron chi connectivity index (χ4n) is 3.80. The van der Waals surface area contributed by atoms with E-state index in [1.165, 1.54) is 48.6 Å². The van der Waals surface area contributed by atoms with E-state index in [2.05, 4.69) is 4.74 Å². The monoisotopic (exact) mass is 530 g/mol. The minimum absolute atomic E-state index is 0.341. The van der Waals surface area contributed by atoms with Gasteiger partial charge in [-0.2, -0.15) is 0 Å². The topological polar surface area (TPSA) is 200 Å². The molecule has 0 unspecified atom stereocenters. The van der Waals surface area contributed by atoms with Gasteiger partial charge in [-0.05, 0) is 47.5 Å². The Kier molecular flexibility index (Phi) is 8.61. The van der Waals surface area contributed by atoms with E-state index in [1.54, 1.807) is 0 Å². The van der Waals surface area contributed by atoms with Crippen LogP contribution in [0.3, 0.4) is 0 Å². The largest absolute Gasteiger partial charge is 0.504 e. The summed E-state index contributed by atoms with van der Waals surface area (Å²) in [5.41, 5.74) is -1.57. The molecule has 0 amide bonds. The first-order valence-corrected chi connectivity index (χ1v) is 11.2. The first-order chi connectivity index (χ1) is 17.9. The number of hydrogen-bond donors (Lipinski definition) is 6. The van der Waals surface area contributed by atoms with Gasteiger partial charge in [0, 0.05) is 25.0 Å². The van der Waals surface area contributed by atoms with Crippen LogP contribution in [0.5, 0.6) is 23.0 Å². The SMILES string of the molecule is COC(=O)[C@]1(O)C[C@@H](OC(=O)/C=C/c2ccc(O)c(O)c2)[C@@H](O)[C@H](OC(=O)/C=C/c2ccc(O)c(O)c2)C1. The van der Waals surface area contributed by atoms with Crippen molar-refractivity contribution in [3.63, 3.8) is 0 Å². The van der Waals surface area contributed by atoms with Crippen molar-refractivity contribution in [2.75, 3.05) is 7.11 Å². The molecule has 12 nitrogen and oxygen atoms in total. The number of phenols is 4. The van der Waals surface area contributed by atoms with E-state index < -0.39 is 66.2 Å². The molecule has 0 radical (unpaired) electrons. The molecule has 6 N–H and O–H groups in total. The zero-order valence-corrected chi connectivity index (χ0v) is 20.1. The first kappa shape index (κ1) is 28.0. The number of hydrogen-bond acceptors (Lipinski definition) is 12. The molecule has 0 heterocycles. The molecule has 0 bridgehead atoms. The molecule has 0 saturated heterocycles. The summed E-state index contributed by atoms with van der Waals surface area (Å²) in [5, 5.41) is 59.4. The molecule has 1 saturated carbocycles. The van der Waals surface area contributed by atoms with E-state index in [9.17, 15) is 45.0 Å². The maximum atomic E-state index is 12.4. The molecule has 2 atom stereocenters. The molecular weight excluding hydrogens is 504 g/mol. The van der Waals surface area contributed by atoms with Crippen molar-refractivity contribution in [3.8, 4) is 23.0 Å². The quantitative estimate of drug-likeness (QED) is 0.129. The average molecular weight is 530 g/mol. The maximum absolute atomic E-state index is 12.4. The van der Waals surface area contributed by atoms with E-state index in [1.807, 2.05) is 0 Å². The highest BCUT2D eigenvalue weighted by atomic mass is 16.6. The number of aliphatic hydroxyl groups is 2. The van der Waals surface area contributed by atoms with Crippen molar-refractivity contribution in [1.29, 1.82) is 0 Å². The number of phenolic OH excluding ortho intramolecular Hbond substituents is 4. The van der Waals surface area contributed by atoms with Crippen molar-refractivity contribution in [3.05, 3.63) is 59.7 Å². The van der Waals surface area contributed by atoms with Gasteiger partial charge < -0.3 is 44.8 Å². The number of methoxy groups -OCH3 is 1. The number of aliphatic hydroxyl groups excluding tert-OH is 1. The Morgan fingerprint density at radius 1 is 0.789 bits per heavy atom. The number of carbonyl (C=O) groups is 3. The molecular formula is C26H26O12. The van der Waals surface area contributed by atoms with Crippen LogP contribution < -0.4 is 0 Å². The normalized spacial score (nSPS) is 23.3. The number of ether oxygens (including phenoxy) is 3. The van der Waals surface area contributed by atoms with Crippen LogP contribution in [0, 0.1) is 0 Å². The lowest BCUT2D eigenvalue weighted by atomic mass is 9.79. The molecule has 2 aromatic carbocycles. The third kappa shape index (κ3) is 6.81. The Hall–Kier alpha value is -4.55. The van der Waals surface area contributed by atoms with Gasteiger partial charge in [0.1, 0.15) is 18.3 Å². The molecule has 0 aromatic heterocycles. The van der Waals surface area contributed by atoms with Gasteiger partial charge in [-0.3, -0.25) is 0 Å². The lowest BCUT2D eigenvalue weighted by Crippen LogP contribution is -2.58. The fourth-order valence-corrected chi connectivity index (χ4v) is 3.80. The second kappa shape index (κ2) is 11.7. The van der Waals surface area contributed by atoms with Gasteiger partial charge >= 0.3 is 17.9 Å². The summed E-state index contributed by atoms with van der Waals surface area (Å²) < 4.78 is 15.1. The van der Waals surface area contributed by atoms with Crippen molar-refractivity contribution >= 4 is 30.1 Å². The van der Waals surface area contributed by atoms with Gasteiger partial charge in [0.2, 0.25) is 0 Å². The van der Waals surface area contributed by atoms with Gasteiger partial charge in [0.05, 0.1) is 7.11 Å². The summed E-state index contributed by atoms with van der Waals surface area (Å²) in [6.45, 7) is 0. The molecule has 0 spiro atoms. The molecule has 1 aliphatic carbocycles. The molecule has 38 heavy (non-hydrogen) atoms. The van der Waals surface area contributed by atoms with Crippen LogP contribution in [0.2, 0.25) is 0 Å². The fraction of sp³-hybridized carbons (Fsp3) is 0.269. The van der Waals surface area contributed by atoms with Crippen LogP contribution >= 0.6 is 0 Å². The van der Waals surface area contributed by atoms with Crippen LogP contribution in [-0.4, -0.2) is 79.6 Å². The number of rotatable bonds is 7. The minimum atomic E-state index is -2.25. The van der Waals surface area contributed by atoms with Crippen LogP contribution in [-0.2, 0) is 28.6 Å². The second-order valence-electron chi connectivity index (χ2n) is 8.54. The zero-order chi connectivity index (χ0) is 28.0. The van der Waals surface area contributed by atoms with Crippen LogP contribution in [0.25, 0.3) is 12.2 Å². The minimum Gasteiger partial charge on any atom is -0.504 e. The standard InChI is InChI=1S/C26H26O12/c1-36-25(34)26(35)12-20(37-22(31)8-4-14-2-6-16(27)18(29)10-14)24(33)21(13-26)38-23(32)9-5-15-3-7-17(28)19(30)11-15/h2-11,20-21,24,27-30,33,35H,12-13H2,1H3/b8-4+,9-5+/t20-,21-,24-,26+/m1/s1. The number of aromatic hydroxyl groups is 4. The van der Waals surface area contributed by atoms with E-state index in [0.29, 0.717) is 11.1 Å². The highest BCUT2D eigenvalue weighted by molar-refractivity contribution is 5.88. The van der Waals surface area contributed by atoms with E-state index >= 15 is 0 Å². The molecule has 3 rings (SSSR count). The van der Waals surface area contributed by atoms with Gasteiger partial charge in [-0.15, -0.1) is 0 Å². The molecule has 1 aliphatic rings. The Morgan fingerprint density at radius 3 is 1.58 bits per heavy atom. The van der Waals surface area contributed by atoms with Crippen molar-refractivity contribution in [1.82, 2.24) is 0 Å². The smallest absolute Gasteiger partial charge is 0.338 e. The summed E-state index contributed by atoms with van der Waals surface area (Å²) >= 11 is 0. The summed E-state index contributed by atoms with van der Waals surface area (Å²) in [4.78, 5) is 37.0. The van der Waals surface area contributed by atoms with Crippen LogP contribution in [0.1, 0.15) is 24.0 Å². The Balaban J connectivity index is 1.73. The van der Waals surface area contributed by atoms with Crippen LogP contribution in [0.4, 0.5) is 0 Å². The zero-order valence-electron chi connectivity index (χ0n) is 20.1. The average Bonchev–Trinajstić information content (AvgIpc) is 2.87. The lowest BCUT2D eigenvalue weighted by Gasteiger charge is -2.41. The van der Waals surface area contributed by atoms with Gasteiger partial charge in [0.25, 0.3) is 0 Å². The van der Waals surface area contributed by atoms with Crippen LogP contribution in [0.15, 0.2) is 48.6 Å². The summed E-state index contributed by atoms with van der Waals surface area (Å²) in [6.07, 6.45) is -1.23. The summed E-state index contributed by atoms with van der Waals surface area (Å²) in [5.74, 6) is -4.57. The third-order valence-electron chi connectivity index (χ3n) is 5.76. The molecule has 2 aromatic rings. The van der Waals surface area contributed by atoms with Gasteiger partial charge in [-0.1, -0.05) is 12.1 Å². The number of carbonyl (C=O) groups excluding carboxylic acids is 3. The Labute approximate surface area is 216 Å². The van der Waals surface area contributed by atoms with Gasteiger partial charge in [0.15, 0.2) is 28.6 Å². The number of benzene rings is 2. The molecule has 1 fully saturated rings. The van der Waals surface area contributed by atoms with E-state index in [4.69, 9.17) is 9.47 Å². The molecule has 0 aliphatic heterocycles. The Bertz CT molecular complexity index is 1180. The predicted octanol–water partition coefficient (Wildman–Crippen LogP) is 1.12. The van der Waals surface area contributed by atoms with Crippen molar-refractivity contribution in [2.45, 2.75) is 36.8 Å². The van der Waals surface area contributed by atoms with Crippen molar-refractivity contribution in [2.24, 2.45) is 0 Å². The first-order valence-electron chi connectivity index (χ1n) is 11.2. The molecule has 12 heteroatoms. The number of esters is 3.